The molecule has 0 saturated carbocycles. The lowest BCUT2D eigenvalue weighted by molar-refractivity contribution is -0.192. The highest BCUT2D eigenvalue weighted by molar-refractivity contribution is 5.79. The van der Waals surface area contributed by atoms with Crippen molar-refractivity contribution >= 4 is 11.9 Å². The monoisotopic (exact) mass is 271 g/mol. The Labute approximate surface area is 100 Å². The number of carboxylic acid groups (broad SMARTS) is 2. The van der Waals surface area contributed by atoms with Crippen molar-refractivity contribution in [3.05, 3.63) is 12.2 Å². The zero-order valence-corrected chi connectivity index (χ0v) is 9.11. The van der Waals surface area contributed by atoms with E-state index in [0.29, 0.717) is 13.2 Å². The van der Waals surface area contributed by atoms with Gasteiger partial charge in [-0.05, 0) is 6.08 Å². The summed E-state index contributed by atoms with van der Waals surface area (Å²) < 4.78 is 37.0. The van der Waals surface area contributed by atoms with Crippen molar-refractivity contribution in [2.24, 2.45) is 0 Å². The molecule has 0 aromatic rings. The summed E-state index contributed by atoms with van der Waals surface area (Å²) in [5.41, 5.74) is 0. The van der Waals surface area contributed by atoms with Gasteiger partial charge in [-0.15, -0.1) is 0 Å². The molecule has 3 N–H and O–H groups in total. The van der Waals surface area contributed by atoms with E-state index in [1.807, 2.05) is 0 Å². The van der Waals surface area contributed by atoms with Crippen LogP contribution < -0.4 is 5.32 Å². The third kappa shape index (κ3) is 8.53. The van der Waals surface area contributed by atoms with E-state index in [-0.39, 0.29) is 6.10 Å². The van der Waals surface area contributed by atoms with Crippen molar-refractivity contribution in [2.45, 2.75) is 12.3 Å². The molecule has 9 heteroatoms. The van der Waals surface area contributed by atoms with Gasteiger partial charge in [0.15, 0.2) is 0 Å². The van der Waals surface area contributed by atoms with E-state index in [1.165, 1.54) is 0 Å². The Morgan fingerprint density at radius 2 is 1.89 bits per heavy atom. The molecule has 1 heterocycles. The maximum atomic E-state index is 10.6. The average Bonchev–Trinajstić information content (AvgIpc) is 2.27. The van der Waals surface area contributed by atoms with Crippen LogP contribution in [0.1, 0.15) is 0 Å². The molecular formula is C9H12F3NO5. The molecule has 0 radical (unpaired) electrons. The smallest absolute Gasteiger partial charge is 0.478 e. The molecule has 0 bridgehead atoms. The van der Waals surface area contributed by atoms with Crippen molar-refractivity contribution < 1.29 is 37.7 Å². The van der Waals surface area contributed by atoms with E-state index in [2.05, 4.69) is 5.32 Å². The van der Waals surface area contributed by atoms with Crippen LogP contribution in [0, 0.1) is 0 Å². The Morgan fingerprint density at radius 1 is 1.33 bits per heavy atom. The second-order valence-electron chi connectivity index (χ2n) is 3.11. The normalized spacial score (nSPS) is 20.1. The molecule has 0 amide bonds. The number of carbonyl (C=O) groups is 2. The Bertz CT molecular complexity index is 310. The zero-order valence-electron chi connectivity index (χ0n) is 9.11. The molecule has 0 aromatic heterocycles. The highest BCUT2D eigenvalue weighted by atomic mass is 19.4. The van der Waals surface area contributed by atoms with Crippen LogP contribution in [0.25, 0.3) is 0 Å². The van der Waals surface area contributed by atoms with Gasteiger partial charge in [0.05, 0.1) is 12.7 Å². The molecular weight excluding hydrogens is 259 g/mol. The van der Waals surface area contributed by atoms with Gasteiger partial charge in [0.1, 0.15) is 0 Å². The Balaban J connectivity index is 0.000000360. The van der Waals surface area contributed by atoms with Crippen molar-refractivity contribution in [1.82, 2.24) is 5.32 Å². The van der Waals surface area contributed by atoms with Crippen LogP contribution in [0.2, 0.25) is 0 Å². The summed E-state index contributed by atoms with van der Waals surface area (Å²) in [6.07, 6.45) is -2.51. The van der Waals surface area contributed by atoms with Gasteiger partial charge in [-0.2, -0.15) is 13.2 Å². The molecule has 104 valence electrons. The third-order valence-corrected chi connectivity index (χ3v) is 1.65. The molecule has 1 aliphatic heterocycles. The van der Waals surface area contributed by atoms with Crippen molar-refractivity contribution in [3.63, 3.8) is 0 Å². The number of ether oxygens (including phenoxy) is 1. The lowest BCUT2D eigenvalue weighted by atomic mass is 10.3. The summed E-state index contributed by atoms with van der Waals surface area (Å²) in [6, 6.07) is 0. The van der Waals surface area contributed by atoms with Crippen LogP contribution in [0.15, 0.2) is 12.2 Å². The number of aliphatic carboxylic acids is 2. The minimum Gasteiger partial charge on any atom is -0.478 e. The van der Waals surface area contributed by atoms with Gasteiger partial charge in [-0.3, -0.25) is 0 Å². The first-order valence-electron chi connectivity index (χ1n) is 4.77. The maximum absolute atomic E-state index is 10.6. The van der Waals surface area contributed by atoms with Crippen molar-refractivity contribution in [2.75, 3.05) is 19.7 Å². The van der Waals surface area contributed by atoms with E-state index < -0.39 is 18.1 Å². The van der Waals surface area contributed by atoms with Gasteiger partial charge in [0.2, 0.25) is 0 Å². The molecule has 0 unspecified atom stereocenters. The molecule has 0 aliphatic carbocycles. The highest BCUT2D eigenvalue weighted by Crippen LogP contribution is 2.13. The number of nitrogens with one attached hydrogen (secondary N) is 1. The van der Waals surface area contributed by atoms with Crippen LogP contribution in [0.3, 0.4) is 0 Å². The van der Waals surface area contributed by atoms with Gasteiger partial charge in [0, 0.05) is 19.2 Å². The lowest BCUT2D eigenvalue weighted by Gasteiger charge is -2.20. The second-order valence-corrected chi connectivity index (χ2v) is 3.11. The van der Waals surface area contributed by atoms with Crippen molar-refractivity contribution in [1.29, 1.82) is 0 Å². The maximum Gasteiger partial charge on any atom is 0.490 e. The molecule has 1 aliphatic rings. The minimum absolute atomic E-state index is 0.0835. The number of carboxylic acids is 2. The SMILES string of the molecule is O=C(O)/C=C/[C@@H]1CNCCO1.O=C(O)C(F)(F)F. The molecule has 1 rings (SSSR count). The first kappa shape index (κ1) is 16.4. The van der Waals surface area contributed by atoms with Crippen LogP contribution in [-0.4, -0.2) is 54.1 Å². The summed E-state index contributed by atoms with van der Waals surface area (Å²) in [7, 11) is 0. The summed E-state index contributed by atoms with van der Waals surface area (Å²) in [5.74, 6) is -3.69. The average molecular weight is 271 g/mol. The van der Waals surface area contributed by atoms with E-state index in [9.17, 15) is 18.0 Å². The molecule has 6 nitrogen and oxygen atoms in total. The van der Waals surface area contributed by atoms with Gasteiger partial charge in [-0.25, -0.2) is 9.59 Å². The summed E-state index contributed by atoms with van der Waals surface area (Å²) in [6.45, 7) is 2.19. The van der Waals surface area contributed by atoms with Crippen LogP contribution in [0.5, 0.6) is 0 Å². The van der Waals surface area contributed by atoms with E-state index in [1.54, 1.807) is 6.08 Å². The van der Waals surface area contributed by atoms with Gasteiger partial charge < -0.3 is 20.3 Å². The van der Waals surface area contributed by atoms with Gasteiger partial charge >= 0.3 is 18.1 Å². The fraction of sp³-hybridized carbons (Fsp3) is 0.556. The van der Waals surface area contributed by atoms with Crippen LogP contribution in [0.4, 0.5) is 13.2 Å². The number of hydrogen-bond donors (Lipinski definition) is 3. The highest BCUT2D eigenvalue weighted by Gasteiger charge is 2.38. The number of morpholine rings is 1. The standard InChI is InChI=1S/C7H11NO3.C2HF3O2/c9-7(10)2-1-6-5-8-3-4-11-6;3-2(4,5)1(6)7/h1-2,6,8H,3-5H2,(H,9,10);(H,6,7)/b2-1+;/t6-;/m1./s1. The van der Waals surface area contributed by atoms with E-state index >= 15 is 0 Å². The minimum atomic E-state index is -5.08. The number of hydrogen-bond acceptors (Lipinski definition) is 4. The zero-order chi connectivity index (χ0) is 14.2. The van der Waals surface area contributed by atoms with Crippen LogP contribution in [-0.2, 0) is 14.3 Å². The van der Waals surface area contributed by atoms with Crippen LogP contribution >= 0.6 is 0 Å². The fourth-order valence-electron chi connectivity index (χ4n) is 0.899. The quantitative estimate of drug-likeness (QED) is 0.623. The first-order valence-corrected chi connectivity index (χ1v) is 4.77. The van der Waals surface area contributed by atoms with E-state index in [4.69, 9.17) is 19.7 Å². The first-order chi connectivity index (χ1) is 8.23. The number of halogens is 3. The predicted molar refractivity (Wildman–Crippen MR) is 53.1 cm³/mol. The Morgan fingerprint density at radius 3 is 2.22 bits per heavy atom. The number of rotatable bonds is 2. The topological polar surface area (TPSA) is 95.9 Å². The third-order valence-electron chi connectivity index (χ3n) is 1.65. The molecule has 0 spiro atoms. The second kappa shape index (κ2) is 7.67. The summed E-state index contributed by atoms with van der Waals surface area (Å²) in [4.78, 5) is 19.0. The summed E-state index contributed by atoms with van der Waals surface area (Å²) >= 11 is 0. The molecule has 1 atom stereocenters. The van der Waals surface area contributed by atoms with Gasteiger partial charge in [-0.1, -0.05) is 0 Å². The lowest BCUT2D eigenvalue weighted by Crippen LogP contribution is -2.37. The van der Waals surface area contributed by atoms with Crippen molar-refractivity contribution in [3.8, 4) is 0 Å². The van der Waals surface area contributed by atoms with E-state index in [0.717, 1.165) is 12.6 Å². The molecule has 0 aromatic carbocycles. The molecule has 1 saturated heterocycles. The molecule has 18 heavy (non-hydrogen) atoms. The molecule has 1 fully saturated rings. The van der Waals surface area contributed by atoms with Gasteiger partial charge in [0.25, 0.3) is 0 Å². The Kier molecular flexibility index (Phi) is 6.98. The largest absolute Gasteiger partial charge is 0.490 e. The fourth-order valence-corrected chi connectivity index (χ4v) is 0.899. The predicted octanol–water partition coefficient (Wildman–Crippen LogP) is 0.249. The number of alkyl halides is 3. The summed E-state index contributed by atoms with van der Waals surface area (Å²) in [5, 5.41) is 18.5. The Hall–Kier alpha value is -1.61.